The standard InChI is InChI=1S/C35H34FN3O4S/c1-40-27-14-10-25(11-15-27)35(24-8-4-3-5-9-24,26-12-16-28(41-2)17-13-26)42-21-29-19-30(36)34(43-29)39-20-23-7-6-18-44-33-31(23)32(39)37-22-38-33/h3-5,8-17,20,22,29-30,34H,6-7,18-19,21H2,1-2H3/t29-,30+,34+/m0/s1. The third-order valence-corrected chi connectivity index (χ3v) is 9.62. The van der Waals surface area contributed by atoms with Crippen LogP contribution >= 0.6 is 11.8 Å². The number of hydrogen-bond acceptors (Lipinski definition) is 7. The van der Waals surface area contributed by atoms with Crippen LogP contribution in [0.15, 0.2) is 96.4 Å². The monoisotopic (exact) mass is 611 g/mol. The zero-order valence-corrected chi connectivity index (χ0v) is 25.5. The van der Waals surface area contributed by atoms with Gasteiger partial charge in [0.15, 0.2) is 6.23 Å². The lowest BCUT2D eigenvalue weighted by atomic mass is 9.80. The summed E-state index contributed by atoms with van der Waals surface area (Å²) in [5.74, 6) is 2.50. The van der Waals surface area contributed by atoms with Crippen molar-refractivity contribution in [2.24, 2.45) is 0 Å². The average molecular weight is 612 g/mol. The normalized spacial score (nSPS) is 20.0. The summed E-state index contributed by atoms with van der Waals surface area (Å²) in [4.78, 5) is 9.07. The van der Waals surface area contributed by atoms with Gasteiger partial charge in [-0.1, -0.05) is 54.6 Å². The molecular weight excluding hydrogens is 577 g/mol. The fourth-order valence-electron chi connectivity index (χ4n) is 6.40. The fraction of sp³-hybridized carbons (Fsp3) is 0.314. The number of rotatable bonds is 9. The lowest BCUT2D eigenvalue weighted by molar-refractivity contribution is -0.0803. The van der Waals surface area contributed by atoms with Crippen LogP contribution in [0.2, 0.25) is 0 Å². The Kier molecular flexibility index (Phi) is 8.01. The quantitative estimate of drug-likeness (QED) is 0.130. The van der Waals surface area contributed by atoms with Crippen molar-refractivity contribution in [2.75, 3.05) is 26.6 Å². The summed E-state index contributed by atoms with van der Waals surface area (Å²) in [5.41, 5.74) is 3.65. The van der Waals surface area contributed by atoms with Crippen molar-refractivity contribution in [3.8, 4) is 11.5 Å². The van der Waals surface area contributed by atoms with E-state index in [1.54, 1.807) is 32.3 Å². The van der Waals surface area contributed by atoms with E-state index in [1.807, 2.05) is 77.5 Å². The lowest BCUT2D eigenvalue weighted by Crippen LogP contribution is -2.35. The molecule has 0 amide bonds. The van der Waals surface area contributed by atoms with Gasteiger partial charge in [-0.2, -0.15) is 0 Å². The van der Waals surface area contributed by atoms with Gasteiger partial charge in [-0.25, -0.2) is 14.4 Å². The molecule has 0 aliphatic carbocycles. The zero-order chi connectivity index (χ0) is 30.1. The molecule has 3 aromatic carbocycles. The van der Waals surface area contributed by atoms with Crippen LogP contribution in [0.4, 0.5) is 4.39 Å². The van der Waals surface area contributed by atoms with Gasteiger partial charge in [0.25, 0.3) is 0 Å². The molecule has 0 N–H and O–H groups in total. The maximum Gasteiger partial charge on any atom is 0.167 e. The molecule has 0 radical (unpaired) electrons. The van der Waals surface area contributed by atoms with Crippen LogP contribution in [-0.4, -0.2) is 53.4 Å². The number of methoxy groups -OCH3 is 2. The van der Waals surface area contributed by atoms with Crippen molar-refractivity contribution in [1.29, 1.82) is 0 Å². The van der Waals surface area contributed by atoms with Crippen LogP contribution < -0.4 is 9.47 Å². The van der Waals surface area contributed by atoms with Gasteiger partial charge in [-0.3, -0.25) is 0 Å². The average Bonchev–Trinajstić information content (AvgIpc) is 3.56. The molecule has 7 nitrogen and oxygen atoms in total. The summed E-state index contributed by atoms with van der Waals surface area (Å²) in [6, 6.07) is 25.9. The Morgan fingerprint density at radius 1 is 0.909 bits per heavy atom. The minimum atomic E-state index is -1.21. The van der Waals surface area contributed by atoms with Crippen molar-refractivity contribution < 1.29 is 23.3 Å². The van der Waals surface area contributed by atoms with E-state index in [0.717, 1.165) is 68.4 Å². The Labute approximate surface area is 260 Å². The van der Waals surface area contributed by atoms with Crippen LogP contribution in [0.25, 0.3) is 11.0 Å². The van der Waals surface area contributed by atoms with Crippen LogP contribution in [0.1, 0.15) is 41.3 Å². The number of thioether (sulfide) groups is 1. The van der Waals surface area contributed by atoms with E-state index in [2.05, 4.69) is 22.1 Å². The second kappa shape index (κ2) is 12.2. The number of alkyl halides is 1. The topological polar surface area (TPSA) is 67.6 Å². The van der Waals surface area contributed by atoms with Gasteiger partial charge in [0.2, 0.25) is 0 Å². The highest BCUT2D eigenvalue weighted by Gasteiger charge is 2.42. The molecule has 9 heteroatoms. The third-order valence-electron chi connectivity index (χ3n) is 8.54. The van der Waals surface area contributed by atoms with Gasteiger partial charge in [0.05, 0.1) is 32.3 Å². The van der Waals surface area contributed by atoms with E-state index >= 15 is 4.39 Å². The van der Waals surface area contributed by atoms with E-state index in [1.165, 1.54) is 0 Å². The first kappa shape index (κ1) is 28.8. The Morgan fingerprint density at radius 2 is 1.57 bits per heavy atom. The van der Waals surface area contributed by atoms with Gasteiger partial charge in [-0.15, -0.1) is 11.8 Å². The largest absolute Gasteiger partial charge is 0.497 e. The molecule has 1 saturated heterocycles. The zero-order valence-electron chi connectivity index (χ0n) is 24.7. The summed E-state index contributed by atoms with van der Waals surface area (Å²) in [5, 5.41) is 1.98. The van der Waals surface area contributed by atoms with Gasteiger partial charge in [-0.05, 0) is 65.1 Å². The molecular formula is C35H34FN3O4S. The molecule has 2 aliphatic heterocycles. The molecule has 4 heterocycles. The van der Waals surface area contributed by atoms with E-state index < -0.39 is 24.1 Å². The predicted octanol–water partition coefficient (Wildman–Crippen LogP) is 7.12. The lowest BCUT2D eigenvalue weighted by Gasteiger charge is -2.37. The third kappa shape index (κ3) is 5.12. The van der Waals surface area contributed by atoms with E-state index in [0.29, 0.717) is 0 Å². The molecule has 44 heavy (non-hydrogen) atoms. The maximum atomic E-state index is 15.8. The van der Waals surface area contributed by atoms with E-state index in [4.69, 9.17) is 18.9 Å². The van der Waals surface area contributed by atoms with Crippen molar-refractivity contribution >= 4 is 22.8 Å². The molecule has 0 spiro atoms. The molecule has 2 aromatic heterocycles. The Morgan fingerprint density at radius 3 is 2.23 bits per heavy atom. The number of aryl methyl sites for hydroxylation is 1. The first-order valence-electron chi connectivity index (χ1n) is 14.9. The maximum absolute atomic E-state index is 15.8. The molecule has 5 aromatic rings. The summed E-state index contributed by atoms with van der Waals surface area (Å²) >= 11 is 1.73. The number of hydrogen-bond donors (Lipinski definition) is 0. The fourth-order valence-corrected chi connectivity index (χ4v) is 7.37. The SMILES string of the molecule is COc1ccc(C(OC[C@@H]2C[C@@H](F)[C@H](n3cc4c5c(ncnc53)SCCC4)O2)(c2ccccc2)c2ccc(OC)cc2)cc1. The number of benzene rings is 3. The highest BCUT2D eigenvalue weighted by Crippen LogP contribution is 2.44. The predicted molar refractivity (Wildman–Crippen MR) is 168 cm³/mol. The van der Waals surface area contributed by atoms with Crippen molar-refractivity contribution in [3.05, 3.63) is 114 Å². The number of nitrogens with zero attached hydrogens (tertiary/aromatic N) is 3. The molecule has 0 bridgehead atoms. The van der Waals surface area contributed by atoms with Crippen molar-refractivity contribution in [1.82, 2.24) is 14.5 Å². The first-order chi connectivity index (χ1) is 21.6. The highest BCUT2D eigenvalue weighted by atomic mass is 32.2. The Balaban J connectivity index is 1.24. The van der Waals surface area contributed by atoms with Gasteiger partial charge in [0.1, 0.15) is 40.3 Å². The minimum Gasteiger partial charge on any atom is -0.497 e. The van der Waals surface area contributed by atoms with Crippen LogP contribution in [0, 0.1) is 0 Å². The summed E-state index contributed by atoms with van der Waals surface area (Å²) in [6.07, 6.45) is 3.27. The molecule has 3 atom stereocenters. The van der Waals surface area contributed by atoms with Crippen molar-refractivity contribution in [2.45, 2.75) is 48.4 Å². The van der Waals surface area contributed by atoms with Crippen LogP contribution in [0.5, 0.6) is 11.5 Å². The van der Waals surface area contributed by atoms with Crippen molar-refractivity contribution in [3.63, 3.8) is 0 Å². The summed E-state index contributed by atoms with van der Waals surface area (Å²) < 4.78 is 42.1. The highest BCUT2D eigenvalue weighted by molar-refractivity contribution is 7.99. The second-order valence-corrected chi connectivity index (χ2v) is 12.2. The smallest absolute Gasteiger partial charge is 0.167 e. The number of aromatic nitrogens is 3. The first-order valence-corrected chi connectivity index (χ1v) is 15.8. The molecule has 1 fully saturated rings. The van der Waals surface area contributed by atoms with Gasteiger partial charge < -0.3 is 23.5 Å². The number of halogens is 1. The number of ether oxygens (including phenoxy) is 4. The summed E-state index contributed by atoms with van der Waals surface area (Å²) in [6.45, 7) is 0.173. The van der Waals surface area contributed by atoms with Gasteiger partial charge in [0, 0.05) is 12.6 Å². The minimum absolute atomic E-state index is 0.173. The van der Waals surface area contributed by atoms with Gasteiger partial charge >= 0.3 is 0 Å². The van der Waals surface area contributed by atoms with E-state index in [-0.39, 0.29) is 13.0 Å². The molecule has 226 valence electrons. The molecule has 0 saturated carbocycles. The molecule has 2 aliphatic rings. The van der Waals surface area contributed by atoms with Crippen LogP contribution in [-0.2, 0) is 21.5 Å². The Hall–Kier alpha value is -3.92. The van der Waals surface area contributed by atoms with Crippen LogP contribution in [0.3, 0.4) is 0 Å². The summed E-state index contributed by atoms with van der Waals surface area (Å²) in [7, 11) is 3.30. The molecule has 7 rings (SSSR count). The molecule has 0 unspecified atom stereocenters. The van der Waals surface area contributed by atoms with E-state index in [9.17, 15) is 0 Å². The Bertz CT molecular complexity index is 1680. The second-order valence-electron chi connectivity index (χ2n) is 11.1.